The number of amides is 1. The van der Waals surface area contributed by atoms with Crippen LogP contribution in [-0.4, -0.2) is 59.7 Å². The van der Waals surface area contributed by atoms with Crippen molar-refractivity contribution in [1.82, 2.24) is 14.9 Å². The van der Waals surface area contributed by atoms with Crippen molar-refractivity contribution in [3.8, 4) is 5.75 Å². The summed E-state index contributed by atoms with van der Waals surface area (Å²) < 4.78 is 38.7. The smallest absolute Gasteiger partial charge is 0.219 e. The first-order valence-corrected chi connectivity index (χ1v) is 13.0. The van der Waals surface area contributed by atoms with Crippen LogP contribution in [-0.2, 0) is 22.5 Å². The molecule has 5 rings (SSSR count). The Balaban J connectivity index is 1.35. The summed E-state index contributed by atoms with van der Waals surface area (Å²) in [6.07, 6.45) is 6.27. The van der Waals surface area contributed by atoms with Crippen molar-refractivity contribution in [3.63, 3.8) is 0 Å². The minimum atomic E-state index is -0.675. The van der Waals surface area contributed by atoms with Gasteiger partial charge in [-0.2, -0.15) is 0 Å². The molecule has 194 valence electrons. The van der Waals surface area contributed by atoms with Crippen molar-refractivity contribution in [2.75, 3.05) is 31.6 Å². The molecule has 36 heavy (non-hydrogen) atoms. The van der Waals surface area contributed by atoms with Gasteiger partial charge in [0.1, 0.15) is 11.9 Å². The standard InChI is InChI=1S/C27H34F2N4O3/c1-17(34)33-14-11-23-24(16-33)30-26(18-3-6-20(35-2)7-4-18)27(31-23)32-12-9-21(10-13-32)36-25-8-5-19(28)15-22(25)29/h5,8,15,18,20-21H,3-4,6-7,9-14,16H2,1-2H3. The van der Waals surface area contributed by atoms with Crippen molar-refractivity contribution in [2.45, 2.75) is 76.5 Å². The summed E-state index contributed by atoms with van der Waals surface area (Å²) in [5.74, 6) is 0.115. The Morgan fingerprint density at radius 1 is 0.972 bits per heavy atom. The summed E-state index contributed by atoms with van der Waals surface area (Å²) in [5, 5.41) is 0. The Labute approximate surface area is 210 Å². The minimum Gasteiger partial charge on any atom is -0.487 e. The minimum absolute atomic E-state index is 0.0633. The van der Waals surface area contributed by atoms with Crippen LogP contribution in [0, 0.1) is 11.6 Å². The van der Waals surface area contributed by atoms with Crippen molar-refractivity contribution >= 4 is 11.7 Å². The van der Waals surface area contributed by atoms with E-state index in [9.17, 15) is 13.6 Å². The molecule has 2 aliphatic heterocycles. The van der Waals surface area contributed by atoms with Crippen LogP contribution in [0.25, 0.3) is 0 Å². The van der Waals surface area contributed by atoms with E-state index in [4.69, 9.17) is 19.4 Å². The topological polar surface area (TPSA) is 67.8 Å². The molecule has 9 heteroatoms. The number of fused-ring (bicyclic) bond motifs is 1. The normalized spacial score (nSPS) is 22.9. The second-order valence-corrected chi connectivity index (χ2v) is 10.1. The molecule has 3 heterocycles. The largest absolute Gasteiger partial charge is 0.487 e. The predicted octanol–water partition coefficient (Wildman–Crippen LogP) is 4.38. The van der Waals surface area contributed by atoms with Gasteiger partial charge in [0, 0.05) is 64.9 Å². The summed E-state index contributed by atoms with van der Waals surface area (Å²) in [7, 11) is 1.77. The molecule has 0 spiro atoms. The maximum Gasteiger partial charge on any atom is 0.219 e. The van der Waals surface area contributed by atoms with E-state index in [0.717, 1.165) is 67.7 Å². The summed E-state index contributed by atoms with van der Waals surface area (Å²) >= 11 is 0. The molecule has 0 radical (unpaired) electrons. The quantitative estimate of drug-likeness (QED) is 0.607. The van der Waals surface area contributed by atoms with E-state index < -0.39 is 11.6 Å². The molecule has 1 saturated heterocycles. The highest BCUT2D eigenvalue weighted by molar-refractivity contribution is 5.73. The average molecular weight is 501 g/mol. The molecule has 2 fully saturated rings. The van der Waals surface area contributed by atoms with Gasteiger partial charge in [0.2, 0.25) is 5.91 Å². The Hall–Kier alpha value is -2.81. The molecule has 0 atom stereocenters. The number of carbonyl (C=O) groups is 1. The van der Waals surface area contributed by atoms with E-state index in [1.165, 1.54) is 12.1 Å². The number of anilines is 1. The Bertz CT molecular complexity index is 1100. The number of piperidine rings is 1. The lowest BCUT2D eigenvalue weighted by Gasteiger charge is -2.37. The summed E-state index contributed by atoms with van der Waals surface area (Å²) in [5.41, 5.74) is 2.91. The van der Waals surface area contributed by atoms with Crippen molar-refractivity contribution < 1.29 is 23.0 Å². The van der Waals surface area contributed by atoms with Gasteiger partial charge in [-0.25, -0.2) is 18.7 Å². The molecule has 2 aromatic rings. The van der Waals surface area contributed by atoms with Gasteiger partial charge in [-0.05, 0) is 37.8 Å². The Morgan fingerprint density at radius 2 is 1.72 bits per heavy atom. The van der Waals surface area contributed by atoms with Crippen LogP contribution in [0.3, 0.4) is 0 Å². The molecule has 1 amide bonds. The Kier molecular flexibility index (Phi) is 7.37. The van der Waals surface area contributed by atoms with Crippen LogP contribution in [0.2, 0.25) is 0 Å². The first kappa shape index (κ1) is 24.9. The lowest BCUT2D eigenvalue weighted by Crippen LogP contribution is -2.41. The second-order valence-electron chi connectivity index (χ2n) is 10.1. The monoisotopic (exact) mass is 500 g/mol. The zero-order valence-corrected chi connectivity index (χ0v) is 21.0. The number of hydrogen-bond donors (Lipinski definition) is 0. The van der Waals surface area contributed by atoms with Crippen molar-refractivity contribution in [3.05, 3.63) is 46.9 Å². The zero-order valence-electron chi connectivity index (χ0n) is 21.0. The maximum absolute atomic E-state index is 14.1. The lowest BCUT2D eigenvalue weighted by molar-refractivity contribution is -0.129. The predicted molar refractivity (Wildman–Crippen MR) is 131 cm³/mol. The van der Waals surface area contributed by atoms with Gasteiger partial charge >= 0.3 is 0 Å². The number of methoxy groups -OCH3 is 1. The number of ether oxygens (including phenoxy) is 2. The molecule has 0 unspecified atom stereocenters. The van der Waals surface area contributed by atoms with Crippen molar-refractivity contribution in [1.29, 1.82) is 0 Å². The molecule has 0 N–H and O–H groups in total. The van der Waals surface area contributed by atoms with Gasteiger partial charge < -0.3 is 19.3 Å². The number of rotatable bonds is 5. The van der Waals surface area contributed by atoms with E-state index >= 15 is 0 Å². The third kappa shape index (κ3) is 5.31. The molecule has 7 nitrogen and oxygen atoms in total. The summed E-state index contributed by atoms with van der Waals surface area (Å²) in [4.78, 5) is 26.4. The van der Waals surface area contributed by atoms with Crippen molar-refractivity contribution in [2.24, 2.45) is 0 Å². The maximum atomic E-state index is 14.1. The second kappa shape index (κ2) is 10.7. The van der Waals surface area contributed by atoms with Crippen LogP contribution in [0.1, 0.15) is 68.4 Å². The van der Waals surface area contributed by atoms with Crippen LogP contribution in [0.15, 0.2) is 18.2 Å². The van der Waals surface area contributed by atoms with Crippen LogP contribution in [0.5, 0.6) is 5.75 Å². The number of benzene rings is 1. The molecule has 0 bridgehead atoms. The van der Waals surface area contributed by atoms with Gasteiger partial charge in [0.05, 0.1) is 29.7 Å². The fourth-order valence-electron chi connectivity index (χ4n) is 5.62. The van der Waals surface area contributed by atoms with Crippen LogP contribution in [0.4, 0.5) is 14.6 Å². The van der Waals surface area contributed by atoms with Crippen LogP contribution >= 0.6 is 0 Å². The highest BCUT2D eigenvalue weighted by Crippen LogP contribution is 2.38. The first-order valence-electron chi connectivity index (χ1n) is 13.0. The van der Waals surface area contributed by atoms with Gasteiger partial charge in [-0.3, -0.25) is 4.79 Å². The van der Waals surface area contributed by atoms with E-state index in [0.29, 0.717) is 44.4 Å². The highest BCUT2D eigenvalue weighted by Gasteiger charge is 2.32. The Morgan fingerprint density at radius 3 is 2.39 bits per heavy atom. The third-order valence-electron chi connectivity index (χ3n) is 7.79. The third-order valence-corrected chi connectivity index (χ3v) is 7.79. The SMILES string of the molecule is COC1CCC(c2nc3c(nc2N2CCC(Oc4ccc(F)cc4F)CC2)CCN(C(C)=O)C3)CC1. The summed E-state index contributed by atoms with van der Waals surface area (Å²) in [6.45, 7) is 4.22. The van der Waals surface area contributed by atoms with Gasteiger partial charge in [-0.15, -0.1) is 0 Å². The molecule has 1 saturated carbocycles. The average Bonchev–Trinajstić information content (AvgIpc) is 2.89. The van der Waals surface area contributed by atoms with Gasteiger partial charge in [-0.1, -0.05) is 0 Å². The number of nitrogens with zero attached hydrogens (tertiary/aromatic N) is 4. The molecular formula is C27H34F2N4O3. The van der Waals surface area contributed by atoms with Gasteiger partial charge in [0.25, 0.3) is 0 Å². The van der Waals surface area contributed by atoms with E-state index in [1.54, 1.807) is 14.0 Å². The zero-order chi connectivity index (χ0) is 25.2. The molecule has 3 aliphatic rings. The lowest BCUT2D eigenvalue weighted by atomic mass is 9.84. The van der Waals surface area contributed by atoms with E-state index in [2.05, 4.69) is 4.90 Å². The molecule has 1 aliphatic carbocycles. The number of carbonyl (C=O) groups excluding carboxylic acids is 1. The molecular weight excluding hydrogens is 466 g/mol. The van der Waals surface area contributed by atoms with E-state index in [-0.39, 0.29) is 17.8 Å². The summed E-state index contributed by atoms with van der Waals surface area (Å²) in [6, 6.07) is 3.42. The van der Waals surface area contributed by atoms with Crippen LogP contribution < -0.4 is 9.64 Å². The fourth-order valence-corrected chi connectivity index (χ4v) is 5.62. The number of halogens is 2. The fraction of sp³-hybridized carbons (Fsp3) is 0.593. The molecule has 1 aromatic carbocycles. The van der Waals surface area contributed by atoms with E-state index in [1.807, 2.05) is 4.90 Å². The molecule has 1 aromatic heterocycles. The number of hydrogen-bond acceptors (Lipinski definition) is 6. The first-order chi connectivity index (χ1) is 17.4. The highest BCUT2D eigenvalue weighted by atomic mass is 19.1. The van der Waals surface area contributed by atoms with Gasteiger partial charge in [0.15, 0.2) is 17.4 Å². The number of aromatic nitrogens is 2.